The van der Waals surface area contributed by atoms with Gasteiger partial charge in [-0.2, -0.15) is 4.98 Å². The third-order valence-corrected chi connectivity index (χ3v) is 6.63. The highest BCUT2D eigenvalue weighted by atomic mass is 16.6. The van der Waals surface area contributed by atoms with E-state index in [-0.39, 0.29) is 6.09 Å². The molecular weight excluding hydrogens is 506 g/mol. The molecule has 1 aliphatic carbocycles. The van der Waals surface area contributed by atoms with Crippen molar-refractivity contribution < 1.29 is 19.0 Å². The number of carbonyl (C=O) groups is 1. The van der Waals surface area contributed by atoms with E-state index in [9.17, 15) is 4.79 Å². The summed E-state index contributed by atoms with van der Waals surface area (Å²) in [5.41, 5.74) is 4.21. The summed E-state index contributed by atoms with van der Waals surface area (Å²) in [6.45, 7) is 12.0. The van der Waals surface area contributed by atoms with Crippen molar-refractivity contribution in [2.75, 3.05) is 44.6 Å². The lowest BCUT2D eigenvalue weighted by Crippen LogP contribution is -2.50. The molecule has 0 saturated carbocycles. The Morgan fingerprint density at radius 1 is 1.02 bits per heavy atom. The molecule has 40 heavy (non-hydrogen) atoms. The molecule has 9 heteroatoms. The molecular formula is C31H37N5O4. The van der Waals surface area contributed by atoms with Crippen molar-refractivity contribution in [1.29, 1.82) is 0 Å². The average molecular weight is 544 g/mol. The van der Waals surface area contributed by atoms with Gasteiger partial charge in [-0.1, -0.05) is 23.8 Å². The number of ether oxygens (including phenoxy) is 3. The zero-order chi connectivity index (χ0) is 28.1. The van der Waals surface area contributed by atoms with Crippen LogP contribution in [0.4, 0.5) is 16.4 Å². The zero-order valence-electron chi connectivity index (χ0n) is 23.6. The predicted molar refractivity (Wildman–Crippen MR) is 155 cm³/mol. The maximum atomic E-state index is 12.3. The smallest absolute Gasteiger partial charge is 0.410 e. The first-order valence-corrected chi connectivity index (χ1v) is 13.7. The fourth-order valence-electron chi connectivity index (χ4n) is 4.69. The lowest BCUT2D eigenvalue weighted by molar-refractivity contribution is 0.0137. The van der Waals surface area contributed by atoms with E-state index in [1.165, 1.54) is 16.7 Å². The normalized spacial score (nSPS) is 15.3. The molecule has 1 N–H and O–H groups in total. The van der Waals surface area contributed by atoms with Crippen LogP contribution in [-0.2, 0) is 11.2 Å². The molecule has 5 rings (SSSR count). The highest BCUT2D eigenvalue weighted by Crippen LogP contribution is 2.30. The van der Waals surface area contributed by atoms with E-state index in [1.807, 2.05) is 57.2 Å². The van der Waals surface area contributed by atoms with Gasteiger partial charge in [0.2, 0.25) is 11.8 Å². The molecule has 0 radical (unpaired) electrons. The van der Waals surface area contributed by atoms with Crippen molar-refractivity contribution in [2.45, 2.75) is 39.7 Å². The van der Waals surface area contributed by atoms with Gasteiger partial charge in [-0.05, 0) is 69.5 Å². The Balaban J connectivity index is 1.09. The number of piperazine rings is 1. The highest BCUT2D eigenvalue weighted by molar-refractivity contribution is 5.68. The third-order valence-electron chi connectivity index (χ3n) is 6.63. The fourth-order valence-corrected chi connectivity index (χ4v) is 4.69. The number of aromatic nitrogens is 2. The number of carbonyl (C=O) groups excluding carboxylic acids is 1. The minimum absolute atomic E-state index is 0.246. The molecule has 0 unspecified atom stereocenters. The Kier molecular flexibility index (Phi) is 8.21. The van der Waals surface area contributed by atoms with Gasteiger partial charge in [-0.25, -0.2) is 9.78 Å². The van der Waals surface area contributed by atoms with E-state index < -0.39 is 5.60 Å². The van der Waals surface area contributed by atoms with Crippen molar-refractivity contribution in [3.8, 4) is 17.4 Å². The summed E-state index contributed by atoms with van der Waals surface area (Å²) in [5, 5.41) is 3.24. The summed E-state index contributed by atoms with van der Waals surface area (Å²) in [5.74, 6) is 2.41. The number of benzene rings is 2. The first-order chi connectivity index (χ1) is 19.2. The molecule has 2 aliphatic rings. The van der Waals surface area contributed by atoms with Crippen LogP contribution in [-0.4, -0.2) is 70.8 Å². The summed E-state index contributed by atoms with van der Waals surface area (Å²) >= 11 is 0. The molecule has 1 aromatic heterocycles. The third kappa shape index (κ3) is 7.51. The molecule has 0 bridgehead atoms. The zero-order valence-corrected chi connectivity index (χ0v) is 23.6. The van der Waals surface area contributed by atoms with Crippen LogP contribution in [0.1, 0.15) is 38.8 Å². The van der Waals surface area contributed by atoms with Gasteiger partial charge in [-0.3, -0.25) is 4.90 Å². The van der Waals surface area contributed by atoms with Crippen LogP contribution in [0.15, 0.2) is 60.3 Å². The Labute approximate surface area is 235 Å². The number of hydrogen-bond donors (Lipinski definition) is 1. The van der Waals surface area contributed by atoms with E-state index >= 15 is 0 Å². The molecule has 1 fully saturated rings. The van der Waals surface area contributed by atoms with Crippen LogP contribution in [0, 0.1) is 0 Å². The van der Waals surface area contributed by atoms with Gasteiger partial charge in [-0.15, -0.1) is 0 Å². The second-order valence-corrected chi connectivity index (χ2v) is 11.2. The Morgan fingerprint density at radius 3 is 2.65 bits per heavy atom. The molecule has 1 saturated heterocycles. The van der Waals surface area contributed by atoms with Crippen molar-refractivity contribution >= 4 is 23.8 Å². The van der Waals surface area contributed by atoms with E-state index in [4.69, 9.17) is 14.2 Å². The minimum Gasteiger partial charge on any atom is -0.492 e. The number of rotatable bonds is 8. The second-order valence-electron chi connectivity index (χ2n) is 11.2. The molecule has 0 spiro atoms. The largest absolute Gasteiger partial charge is 0.492 e. The van der Waals surface area contributed by atoms with Crippen LogP contribution in [0.25, 0.3) is 6.08 Å². The van der Waals surface area contributed by atoms with Crippen LogP contribution in [0.5, 0.6) is 17.4 Å². The molecule has 1 aliphatic heterocycles. The van der Waals surface area contributed by atoms with Gasteiger partial charge >= 0.3 is 6.09 Å². The summed E-state index contributed by atoms with van der Waals surface area (Å²) in [6.07, 6.45) is 4.61. The molecule has 2 heterocycles. The van der Waals surface area contributed by atoms with E-state index in [2.05, 4.69) is 39.3 Å². The van der Waals surface area contributed by atoms with E-state index in [0.717, 1.165) is 43.2 Å². The molecule has 3 aromatic rings. The number of allylic oxidation sites excluding steroid dienone is 1. The summed E-state index contributed by atoms with van der Waals surface area (Å²) in [6, 6.07) is 15.6. The quantitative estimate of drug-likeness (QED) is 0.376. The number of hydrogen-bond acceptors (Lipinski definition) is 8. The number of amides is 1. The molecule has 210 valence electrons. The van der Waals surface area contributed by atoms with Gasteiger partial charge in [0.15, 0.2) is 0 Å². The van der Waals surface area contributed by atoms with Gasteiger partial charge in [0.1, 0.15) is 23.7 Å². The molecule has 2 aromatic carbocycles. The Hall–Kier alpha value is -4.11. The maximum Gasteiger partial charge on any atom is 0.410 e. The topological polar surface area (TPSA) is 89.1 Å². The van der Waals surface area contributed by atoms with Crippen molar-refractivity contribution in [3.05, 3.63) is 71.4 Å². The SMILES string of the molecule is CC1=Cc2cc(Oc3ccnc(Nc4cccc(OCCN5CCN(C(=O)OC(C)(C)C)CC5)c4)n3)ccc2C1. The number of nitrogens with one attached hydrogen (secondary N) is 1. The minimum atomic E-state index is -0.479. The molecule has 9 nitrogen and oxygen atoms in total. The molecule has 1 amide bonds. The Bertz CT molecular complexity index is 1380. The van der Waals surface area contributed by atoms with Gasteiger partial charge in [0.05, 0.1) is 0 Å². The fraction of sp³-hybridized carbons (Fsp3) is 0.387. The first-order valence-electron chi connectivity index (χ1n) is 13.7. The lowest BCUT2D eigenvalue weighted by Gasteiger charge is -2.35. The second kappa shape index (κ2) is 12.0. The monoisotopic (exact) mass is 543 g/mol. The number of nitrogens with zero attached hydrogens (tertiary/aromatic N) is 4. The van der Waals surface area contributed by atoms with Gasteiger partial charge in [0.25, 0.3) is 0 Å². The molecule has 0 atom stereocenters. The van der Waals surface area contributed by atoms with Crippen molar-refractivity contribution in [2.24, 2.45) is 0 Å². The summed E-state index contributed by atoms with van der Waals surface area (Å²) < 4.78 is 17.5. The van der Waals surface area contributed by atoms with Crippen LogP contribution >= 0.6 is 0 Å². The van der Waals surface area contributed by atoms with Crippen LogP contribution in [0.2, 0.25) is 0 Å². The maximum absolute atomic E-state index is 12.3. The van der Waals surface area contributed by atoms with E-state index in [1.54, 1.807) is 17.2 Å². The average Bonchev–Trinajstić information content (AvgIpc) is 3.28. The number of fused-ring (bicyclic) bond motifs is 1. The Morgan fingerprint density at radius 2 is 1.85 bits per heavy atom. The van der Waals surface area contributed by atoms with Crippen molar-refractivity contribution in [3.63, 3.8) is 0 Å². The first kappa shape index (κ1) is 27.5. The van der Waals surface area contributed by atoms with E-state index in [0.29, 0.717) is 31.5 Å². The van der Waals surface area contributed by atoms with Crippen molar-refractivity contribution in [1.82, 2.24) is 19.8 Å². The summed E-state index contributed by atoms with van der Waals surface area (Å²) in [4.78, 5) is 25.2. The highest BCUT2D eigenvalue weighted by Gasteiger charge is 2.25. The lowest BCUT2D eigenvalue weighted by atomic mass is 10.1. The van der Waals surface area contributed by atoms with Gasteiger partial charge in [0, 0.05) is 56.7 Å². The standard InChI is InChI=1S/C31H37N5O4/c1-22-18-23-8-9-27(20-24(23)19-22)39-28-10-11-32-29(34-28)33-25-6-5-7-26(21-25)38-17-16-35-12-14-36(15-13-35)30(37)40-31(2,3)4/h5-11,19-21H,12-18H2,1-4H3,(H,32,33,34). The summed E-state index contributed by atoms with van der Waals surface area (Å²) in [7, 11) is 0. The van der Waals surface area contributed by atoms with Crippen LogP contribution in [0.3, 0.4) is 0 Å². The van der Waals surface area contributed by atoms with Crippen LogP contribution < -0.4 is 14.8 Å². The predicted octanol–water partition coefficient (Wildman–Crippen LogP) is 5.90. The number of anilines is 2. The van der Waals surface area contributed by atoms with Gasteiger partial charge < -0.3 is 24.4 Å².